The van der Waals surface area contributed by atoms with E-state index in [0.717, 1.165) is 23.2 Å². The Hall–Kier alpha value is -1.56. The maximum absolute atomic E-state index is 12.1. The molecule has 1 saturated heterocycles. The normalized spacial score (nSPS) is 19.9. The van der Waals surface area contributed by atoms with Crippen LogP contribution in [0.5, 0.6) is 0 Å². The van der Waals surface area contributed by atoms with Crippen molar-refractivity contribution in [1.82, 2.24) is 20.5 Å². The van der Waals surface area contributed by atoms with Crippen molar-refractivity contribution in [2.24, 2.45) is 0 Å². The van der Waals surface area contributed by atoms with Crippen molar-refractivity contribution in [1.29, 1.82) is 0 Å². The summed E-state index contributed by atoms with van der Waals surface area (Å²) in [6.45, 7) is 0. The van der Waals surface area contributed by atoms with Gasteiger partial charge >= 0.3 is 0 Å². The third-order valence-electron chi connectivity index (χ3n) is 3.05. The highest BCUT2D eigenvalue weighted by atomic mass is 32.2. The highest BCUT2D eigenvalue weighted by Gasteiger charge is 2.17. The quantitative estimate of drug-likeness (QED) is 0.862. The van der Waals surface area contributed by atoms with Crippen LogP contribution in [0.2, 0.25) is 0 Å². The Kier molecular flexibility index (Phi) is 3.19. The van der Waals surface area contributed by atoms with Crippen LogP contribution < -0.4 is 5.32 Å². The summed E-state index contributed by atoms with van der Waals surface area (Å²) in [5, 5.41) is 9.77. The number of fused-ring (bicyclic) bond motifs is 1. The first kappa shape index (κ1) is 11.5. The zero-order chi connectivity index (χ0) is 12.4. The van der Waals surface area contributed by atoms with Crippen LogP contribution in [0.25, 0.3) is 11.0 Å². The SMILES string of the molecule is O=C(NC1CCCSC1)c1cnc2cn[nH]c2c1. The number of nitrogens with zero attached hydrogens (tertiary/aromatic N) is 2. The molecule has 1 atom stereocenters. The fourth-order valence-electron chi connectivity index (χ4n) is 2.08. The summed E-state index contributed by atoms with van der Waals surface area (Å²) < 4.78 is 0. The van der Waals surface area contributed by atoms with E-state index in [1.54, 1.807) is 18.5 Å². The van der Waals surface area contributed by atoms with Crippen molar-refractivity contribution < 1.29 is 4.79 Å². The summed E-state index contributed by atoms with van der Waals surface area (Å²) in [6, 6.07) is 2.08. The zero-order valence-electron chi connectivity index (χ0n) is 9.85. The molecular weight excluding hydrogens is 248 g/mol. The monoisotopic (exact) mass is 262 g/mol. The van der Waals surface area contributed by atoms with Crippen molar-refractivity contribution in [2.45, 2.75) is 18.9 Å². The number of nitrogens with one attached hydrogen (secondary N) is 2. The first-order valence-corrected chi connectivity index (χ1v) is 7.16. The second kappa shape index (κ2) is 4.97. The molecule has 1 aliphatic rings. The Bertz CT molecular complexity index is 562. The van der Waals surface area contributed by atoms with Crippen LogP contribution in [0.4, 0.5) is 0 Å². The van der Waals surface area contributed by atoms with Gasteiger partial charge in [-0.25, -0.2) is 0 Å². The van der Waals surface area contributed by atoms with Crippen LogP contribution in [-0.2, 0) is 0 Å². The largest absolute Gasteiger partial charge is 0.348 e. The summed E-state index contributed by atoms with van der Waals surface area (Å²) in [4.78, 5) is 16.3. The molecule has 5 nitrogen and oxygen atoms in total. The standard InChI is InChI=1S/C12H14N4OS/c17-12(15-9-2-1-3-18-7-9)8-4-10-11(13-5-8)6-14-16-10/h4-6,9H,1-3,7H2,(H,14,16)(H,15,17). The van der Waals surface area contributed by atoms with Crippen LogP contribution >= 0.6 is 11.8 Å². The molecule has 18 heavy (non-hydrogen) atoms. The van der Waals surface area contributed by atoms with Gasteiger partial charge in [-0.15, -0.1) is 0 Å². The molecule has 0 saturated carbocycles. The number of carbonyl (C=O) groups is 1. The number of hydrogen-bond acceptors (Lipinski definition) is 4. The molecule has 0 aliphatic carbocycles. The van der Waals surface area contributed by atoms with Gasteiger partial charge in [-0.2, -0.15) is 16.9 Å². The predicted molar refractivity (Wildman–Crippen MR) is 71.7 cm³/mol. The lowest BCUT2D eigenvalue weighted by atomic mass is 10.1. The molecule has 2 aromatic heterocycles. The first-order valence-electron chi connectivity index (χ1n) is 6.00. The fourth-order valence-corrected chi connectivity index (χ4v) is 3.15. The summed E-state index contributed by atoms with van der Waals surface area (Å²) in [7, 11) is 0. The van der Waals surface area contributed by atoms with E-state index in [9.17, 15) is 4.79 Å². The number of thioether (sulfide) groups is 1. The van der Waals surface area contributed by atoms with Crippen LogP contribution in [-0.4, -0.2) is 38.6 Å². The van der Waals surface area contributed by atoms with E-state index in [1.807, 2.05) is 11.8 Å². The average Bonchev–Trinajstić information content (AvgIpc) is 2.87. The van der Waals surface area contributed by atoms with Gasteiger partial charge in [0, 0.05) is 18.0 Å². The van der Waals surface area contributed by atoms with Crippen molar-refractivity contribution in [3.63, 3.8) is 0 Å². The fraction of sp³-hybridized carbons (Fsp3) is 0.417. The van der Waals surface area contributed by atoms with Gasteiger partial charge in [-0.1, -0.05) is 0 Å². The van der Waals surface area contributed by atoms with Crippen molar-refractivity contribution in [2.75, 3.05) is 11.5 Å². The van der Waals surface area contributed by atoms with Gasteiger partial charge in [-0.05, 0) is 24.7 Å². The second-order valence-electron chi connectivity index (χ2n) is 4.41. The molecule has 0 radical (unpaired) electrons. The van der Waals surface area contributed by atoms with Gasteiger partial charge in [0.25, 0.3) is 5.91 Å². The molecule has 3 rings (SSSR count). The lowest BCUT2D eigenvalue weighted by molar-refractivity contribution is 0.0938. The van der Waals surface area contributed by atoms with Gasteiger partial charge < -0.3 is 5.32 Å². The number of hydrogen-bond donors (Lipinski definition) is 2. The van der Waals surface area contributed by atoms with Gasteiger partial charge in [0.05, 0.1) is 17.3 Å². The topological polar surface area (TPSA) is 70.7 Å². The van der Waals surface area contributed by atoms with Gasteiger partial charge in [-0.3, -0.25) is 14.9 Å². The van der Waals surface area contributed by atoms with E-state index in [0.29, 0.717) is 5.56 Å². The van der Waals surface area contributed by atoms with E-state index in [-0.39, 0.29) is 11.9 Å². The van der Waals surface area contributed by atoms with E-state index in [1.165, 1.54) is 12.2 Å². The second-order valence-corrected chi connectivity index (χ2v) is 5.56. The van der Waals surface area contributed by atoms with E-state index >= 15 is 0 Å². The highest BCUT2D eigenvalue weighted by molar-refractivity contribution is 7.99. The third kappa shape index (κ3) is 2.33. The lowest BCUT2D eigenvalue weighted by Gasteiger charge is -2.22. The van der Waals surface area contributed by atoms with Crippen LogP contribution in [0.15, 0.2) is 18.5 Å². The minimum atomic E-state index is -0.0495. The van der Waals surface area contributed by atoms with E-state index in [4.69, 9.17) is 0 Å². The molecular formula is C12H14N4OS. The molecule has 1 fully saturated rings. The van der Waals surface area contributed by atoms with Crippen molar-refractivity contribution in [3.8, 4) is 0 Å². The summed E-state index contributed by atoms with van der Waals surface area (Å²) in [5.41, 5.74) is 2.16. The van der Waals surface area contributed by atoms with Crippen LogP contribution in [0, 0.1) is 0 Å². The van der Waals surface area contributed by atoms with Gasteiger partial charge in [0.1, 0.15) is 5.52 Å². The number of carbonyl (C=O) groups excluding carboxylic acids is 1. The Balaban J connectivity index is 1.74. The van der Waals surface area contributed by atoms with Crippen LogP contribution in [0.3, 0.4) is 0 Å². The van der Waals surface area contributed by atoms with E-state index < -0.39 is 0 Å². The number of amides is 1. The first-order chi connectivity index (χ1) is 8.83. The number of aromatic amines is 1. The van der Waals surface area contributed by atoms with Gasteiger partial charge in [0.15, 0.2) is 0 Å². The van der Waals surface area contributed by atoms with Crippen LogP contribution in [0.1, 0.15) is 23.2 Å². The number of H-pyrrole nitrogens is 1. The van der Waals surface area contributed by atoms with E-state index in [2.05, 4.69) is 20.5 Å². The molecule has 1 amide bonds. The smallest absolute Gasteiger partial charge is 0.253 e. The molecule has 0 spiro atoms. The van der Waals surface area contributed by atoms with Gasteiger partial charge in [0.2, 0.25) is 0 Å². The Morgan fingerprint density at radius 2 is 2.44 bits per heavy atom. The minimum Gasteiger partial charge on any atom is -0.348 e. The third-order valence-corrected chi connectivity index (χ3v) is 4.26. The molecule has 94 valence electrons. The molecule has 2 aromatic rings. The lowest BCUT2D eigenvalue weighted by Crippen LogP contribution is -2.38. The molecule has 0 aromatic carbocycles. The summed E-state index contributed by atoms with van der Waals surface area (Å²) in [5.74, 6) is 2.16. The average molecular weight is 262 g/mol. The number of aromatic nitrogens is 3. The molecule has 6 heteroatoms. The highest BCUT2D eigenvalue weighted by Crippen LogP contribution is 2.17. The number of pyridine rings is 1. The molecule has 1 unspecified atom stereocenters. The number of rotatable bonds is 2. The molecule has 0 bridgehead atoms. The Morgan fingerprint density at radius 1 is 1.50 bits per heavy atom. The Labute approximate surface area is 109 Å². The van der Waals surface area contributed by atoms with Crippen molar-refractivity contribution in [3.05, 3.63) is 24.0 Å². The predicted octanol–water partition coefficient (Wildman–Crippen LogP) is 1.58. The maximum atomic E-state index is 12.1. The molecule has 1 aliphatic heterocycles. The summed E-state index contributed by atoms with van der Waals surface area (Å²) in [6.07, 6.45) is 5.49. The zero-order valence-corrected chi connectivity index (χ0v) is 10.7. The Morgan fingerprint density at radius 3 is 3.28 bits per heavy atom. The molecule has 3 heterocycles. The molecule has 2 N–H and O–H groups in total. The van der Waals surface area contributed by atoms with Crippen molar-refractivity contribution >= 4 is 28.7 Å². The maximum Gasteiger partial charge on any atom is 0.253 e. The minimum absolute atomic E-state index is 0.0495. The summed E-state index contributed by atoms with van der Waals surface area (Å²) >= 11 is 1.90.